The maximum Gasteiger partial charge on any atom is 0.142 e. The van der Waals surface area contributed by atoms with Crippen molar-refractivity contribution in [3.05, 3.63) is 35.9 Å². The number of nitrogens with zero attached hydrogens (tertiary/aromatic N) is 1. The van der Waals surface area contributed by atoms with E-state index in [1.54, 1.807) is 7.11 Å². The monoisotopic (exact) mass is 193 g/mol. The van der Waals surface area contributed by atoms with Crippen LogP contribution in [-0.2, 0) is 4.74 Å². The Hall–Kier alpha value is -1.39. The van der Waals surface area contributed by atoms with E-state index in [0.717, 1.165) is 5.56 Å². The molecule has 1 aromatic rings. The molecule has 0 saturated heterocycles. The van der Waals surface area contributed by atoms with Gasteiger partial charge in [-0.2, -0.15) is 0 Å². The van der Waals surface area contributed by atoms with E-state index in [2.05, 4.69) is 10.4 Å². The molecule has 0 aromatic heterocycles. The molecule has 0 atom stereocenters. The van der Waals surface area contributed by atoms with Crippen molar-refractivity contribution < 1.29 is 4.74 Å². The van der Waals surface area contributed by atoms with Crippen LogP contribution in [0.2, 0.25) is 0 Å². The highest BCUT2D eigenvalue weighted by molar-refractivity contribution is 5.98. The van der Waals surface area contributed by atoms with Crippen molar-refractivity contribution in [1.29, 1.82) is 0 Å². The molecule has 0 heterocycles. The van der Waals surface area contributed by atoms with Gasteiger partial charge in [0.05, 0.1) is 13.2 Å². The Bertz CT molecular complexity index is 285. The van der Waals surface area contributed by atoms with Gasteiger partial charge in [-0.05, 0) is 0 Å². The van der Waals surface area contributed by atoms with Gasteiger partial charge in [-0.1, -0.05) is 30.3 Å². The largest absolute Gasteiger partial charge is 0.383 e. The topological polar surface area (TPSA) is 59.6 Å². The van der Waals surface area contributed by atoms with Crippen LogP contribution >= 0.6 is 0 Å². The second-order valence-electron chi connectivity index (χ2n) is 2.73. The minimum Gasteiger partial charge on any atom is -0.383 e. The van der Waals surface area contributed by atoms with E-state index in [-0.39, 0.29) is 0 Å². The first-order valence-corrected chi connectivity index (χ1v) is 4.44. The number of methoxy groups -OCH3 is 1. The molecule has 4 heteroatoms. The summed E-state index contributed by atoms with van der Waals surface area (Å²) in [4.78, 5) is 4.26. The molecule has 76 valence electrons. The number of hydrogen-bond donors (Lipinski definition) is 2. The summed E-state index contributed by atoms with van der Waals surface area (Å²) in [5.74, 6) is 6.05. The summed E-state index contributed by atoms with van der Waals surface area (Å²) >= 11 is 0. The number of nitrogens with one attached hydrogen (secondary N) is 1. The quantitative estimate of drug-likeness (QED) is 0.241. The fourth-order valence-electron chi connectivity index (χ4n) is 1.07. The molecule has 0 radical (unpaired) electrons. The number of hydrazine groups is 1. The average Bonchev–Trinajstić information content (AvgIpc) is 2.26. The van der Waals surface area contributed by atoms with Gasteiger partial charge in [0.25, 0.3) is 0 Å². The summed E-state index contributed by atoms with van der Waals surface area (Å²) in [6.45, 7) is 1.20. The van der Waals surface area contributed by atoms with Gasteiger partial charge in [-0.25, -0.2) is 5.84 Å². The van der Waals surface area contributed by atoms with Crippen LogP contribution in [0.25, 0.3) is 0 Å². The highest BCUT2D eigenvalue weighted by Crippen LogP contribution is 1.98. The number of ether oxygens (including phenoxy) is 1. The van der Waals surface area contributed by atoms with Gasteiger partial charge in [0.15, 0.2) is 0 Å². The molecule has 1 rings (SSSR count). The molecule has 0 bridgehead atoms. The lowest BCUT2D eigenvalue weighted by Crippen LogP contribution is -2.31. The molecule has 0 fully saturated rings. The Kier molecular flexibility index (Phi) is 4.68. The third kappa shape index (κ3) is 3.16. The molecular weight excluding hydrogens is 178 g/mol. The lowest BCUT2D eigenvalue weighted by molar-refractivity contribution is 0.208. The van der Waals surface area contributed by atoms with E-state index >= 15 is 0 Å². The Balaban J connectivity index is 2.67. The summed E-state index contributed by atoms with van der Waals surface area (Å²) in [7, 11) is 1.65. The molecule has 3 N–H and O–H groups in total. The Morgan fingerprint density at radius 1 is 1.43 bits per heavy atom. The van der Waals surface area contributed by atoms with Crippen LogP contribution in [0.3, 0.4) is 0 Å². The minimum absolute atomic E-state index is 0.595. The van der Waals surface area contributed by atoms with Crippen molar-refractivity contribution >= 4 is 5.84 Å². The lowest BCUT2D eigenvalue weighted by Gasteiger charge is -2.05. The molecule has 14 heavy (non-hydrogen) atoms. The minimum atomic E-state index is 0.595. The van der Waals surface area contributed by atoms with Crippen molar-refractivity contribution in [2.45, 2.75) is 0 Å². The molecule has 0 amide bonds. The van der Waals surface area contributed by atoms with Gasteiger partial charge in [0.2, 0.25) is 0 Å². The zero-order valence-corrected chi connectivity index (χ0v) is 8.23. The molecule has 4 nitrogen and oxygen atoms in total. The van der Waals surface area contributed by atoms with Crippen molar-refractivity contribution in [2.24, 2.45) is 10.8 Å². The van der Waals surface area contributed by atoms with Gasteiger partial charge >= 0.3 is 0 Å². The number of amidine groups is 1. The molecule has 0 saturated carbocycles. The Labute approximate surface area is 83.8 Å². The highest BCUT2D eigenvalue weighted by atomic mass is 16.5. The van der Waals surface area contributed by atoms with Crippen LogP contribution in [-0.4, -0.2) is 26.1 Å². The fourth-order valence-corrected chi connectivity index (χ4v) is 1.07. The first-order valence-electron chi connectivity index (χ1n) is 4.44. The number of hydrogen-bond acceptors (Lipinski definition) is 3. The second kappa shape index (κ2) is 6.12. The molecule has 1 aromatic carbocycles. The first kappa shape index (κ1) is 10.7. The zero-order valence-electron chi connectivity index (χ0n) is 8.23. The SMILES string of the molecule is COCCN=C(NN)c1ccccc1. The molecule has 0 aliphatic carbocycles. The zero-order chi connectivity index (χ0) is 10.2. The maximum absolute atomic E-state index is 5.37. The van der Waals surface area contributed by atoms with Crippen molar-refractivity contribution in [3.8, 4) is 0 Å². The predicted octanol–water partition coefficient (Wildman–Crippen LogP) is 0.543. The normalized spacial score (nSPS) is 11.4. The van der Waals surface area contributed by atoms with E-state index in [9.17, 15) is 0 Å². The van der Waals surface area contributed by atoms with E-state index in [0.29, 0.717) is 19.0 Å². The smallest absolute Gasteiger partial charge is 0.142 e. The summed E-state index contributed by atoms with van der Waals surface area (Å²) in [6.07, 6.45) is 0. The average molecular weight is 193 g/mol. The number of rotatable bonds is 4. The lowest BCUT2D eigenvalue weighted by atomic mass is 10.2. The van der Waals surface area contributed by atoms with E-state index in [4.69, 9.17) is 10.6 Å². The van der Waals surface area contributed by atoms with Crippen molar-refractivity contribution in [1.82, 2.24) is 5.43 Å². The van der Waals surface area contributed by atoms with E-state index in [1.165, 1.54) is 0 Å². The van der Waals surface area contributed by atoms with E-state index in [1.807, 2.05) is 30.3 Å². The Morgan fingerprint density at radius 3 is 2.71 bits per heavy atom. The third-order valence-electron chi connectivity index (χ3n) is 1.75. The van der Waals surface area contributed by atoms with Gasteiger partial charge in [-0.3, -0.25) is 4.99 Å². The van der Waals surface area contributed by atoms with Crippen LogP contribution in [0.5, 0.6) is 0 Å². The summed E-state index contributed by atoms with van der Waals surface area (Å²) in [5.41, 5.74) is 3.55. The molecule has 0 aliphatic heterocycles. The Morgan fingerprint density at radius 2 is 2.14 bits per heavy atom. The number of benzene rings is 1. The maximum atomic E-state index is 5.37. The molecule has 0 unspecified atom stereocenters. The van der Waals surface area contributed by atoms with Crippen LogP contribution in [0.1, 0.15) is 5.56 Å². The molecule has 0 aliphatic rings. The summed E-state index contributed by atoms with van der Waals surface area (Å²) in [6, 6.07) is 9.74. The molecular formula is C10H15N3O. The van der Waals surface area contributed by atoms with Gasteiger partial charge in [0, 0.05) is 12.7 Å². The fraction of sp³-hybridized carbons (Fsp3) is 0.300. The molecule has 0 spiro atoms. The van der Waals surface area contributed by atoms with Crippen LogP contribution in [0.15, 0.2) is 35.3 Å². The van der Waals surface area contributed by atoms with Crippen molar-refractivity contribution in [2.75, 3.05) is 20.3 Å². The first-order chi connectivity index (χ1) is 6.88. The predicted molar refractivity (Wildman–Crippen MR) is 57.0 cm³/mol. The van der Waals surface area contributed by atoms with Crippen molar-refractivity contribution in [3.63, 3.8) is 0 Å². The third-order valence-corrected chi connectivity index (χ3v) is 1.75. The summed E-state index contributed by atoms with van der Waals surface area (Å²) in [5, 5.41) is 0. The van der Waals surface area contributed by atoms with Crippen LogP contribution in [0.4, 0.5) is 0 Å². The standard InChI is InChI=1S/C10H15N3O/c1-14-8-7-12-10(13-11)9-5-3-2-4-6-9/h2-6H,7-8,11H2,1H3,(H,12,13). The number of nitrogens with two attached hydrogens (primary N) is 1. The second-order valence-corrected chi connectivity index (χ2v) is 2.73. The van der Waals surface area contributed by atoms with Crippen LogP contribution < -0.4 is 11.3 Å². The van der Waals surface area contributed by atoms with Gasteiger partial charge < -0.3 is 10.2 Å². The van der Waals surface area contributed by atoms with Gasteiger partial charge in [-0.15, -0.1) is 0 Å². The summed E-state index contributed by atoms with van der Waals surface area (Å²) < 4.78 is 4.90. The number of aliphatic imine (C=N–C) groups is 1. The van der Waals surface area contributed by atoms with E-state index < -0.39 is 0 Å². The van der Waals surface area contributed by atoms with Crippen LogP contribution in [0, 0.1) is 0 Å². The highest BCUT2D eigenvalue weighted by Gasteiger charge is 1.98. The van der Waals surface area contributed by atoms with Gasteiger partial charge in [0.1, 0.15) is 5.84 Å².